The summed E-state index contributed by atoms with van der Waals surface area (Å²) in [5.74, 6) is -11.2. The standard InChI is InChI=1S/3C28H52O5.Al/c3*1-6-7-8-9-10-11-12-13-14-15-16-17-18-19-20-21-22-28(32-24(2)3,33-25(4)5)26(29)23-27(30)31;/h3*13-14,24-25H,6-12,15-23H2,1-5H3,(H,30,31);/q;;;+3/p-3. The van der Waals surface area contributed by atoms with Crippen molar-refractivity contribution in [3.8, 4) is 0 Å². The van der Waals surface area contributed by atoms with Crippen molar-refractivity contribution in [1.29, 1.82) is 0 Å². The van der Waals surface area contributed by atoms with Crippen LogP contribution in [0.2, 0.25) is 0 Å². The number of unbranched alkanes of at least 4 members (excludes halogenated alkanes) is 36. The van der Waals surface area contributed by atoms with Crippen molar-refractivity contribution in [1.82, 2.24) is 0 Å². The first-order chi connectivity index (χ1) is 47.9. The third-order valence-electron chi connectivity index (χ3n) is 17.5. The Bertz CT molecular complexity index is 1870. The molecule has 0 atom stereocenters. The van der Waals surface area contributed by atoms with Crippen LogP contribution in [0.15, 0.2) is 36.5 Å². The molecule has 15 nitrogen and oxygen atoms in total. The molecule has 0 saturated carbocycles. The van der Waals surface area contributed by atoms with E-state index in [1.165, 1.54) is 116 Å². The first-order valence-electron chi connectivity index (χ1n) is 41.1. The fourth-order valence-corrected chi connectivity index (χ4v) is 13.7. The zero-order chi connectivity index (χ0) is 74.6. The molecule has 0 aromatic rings. The second-order valence-corrected chi connectivity index (χ2v) is 31.2. The zero-order valence-electron chi connectivity index (χ0n) is 67.1. The second-order valence-electron chi connectivity index (χ2n) is 29.9. The minimum atomic E-state index is -4.35. The van der Waals surface area contributed by atoms with Crippen molar-refractivity contribution >= 4 is 50.4 Å². The SMILES string of the molecule is CCCCCCCCC=CCCCCCCCCC(OC(C)C)(OC(C)C)C(=O)CC(=O)[O][Al]([O]C(=O)CC(=O)C(CCCCCCCCC=CCCCCCCCC)(OC(C)C)OC(C)C)[O]C(=O)CC(=O)C(CCCCCCCCC=CCCCCCCCC)(OC(C)C)OC(C)C. The van der Waals surface area contributed by atoms with Gasteiger partial charge in [0.2, 0.25) is 34.7 Å². The van der Waals surface area contributed by atoms with Gasteiger partial charge in [0.25, 0.3) is 17.9 Å². The van der Waals surface area contributed by atoms with Crippen molar-refractivity contribution in [3.63, 3.8) is 0 Å². The third-order valence-corrected chi connectivity index (χ3v) is 18.8. The molecule has 0 aromatic heterocycles. The Morgan fingerprint density at radius 2 is 0.410 bits per heavy atom. The van der Waals surface area contributed by atoms with Crippen LogP contribution in [0, 0.1) is 0 Å². The van der Waals surface area contributed by atoms with Crippen LogP contribution in [0.4, 0.5) is 0 Å². The van der Waals surface area contributed by atoms with Crippen LogP contribution in [0.3, 0.4) is 0 Å². The average Bonchev–Trinajstić information content (AvgIpc) is 0.834. The van der Waals surface area contributed by atoms with Gasteiger partial charge in [-0.15, -0.1) is 0 Å². The molecule has 0 fully saturated rings. The lowest BCUT2D eigenvalue weighted by Gasteiger charge is -2.36. The van der Waals surface area contributed by atoms with Crippen LogP contribution in [-0.4, -0.2) is 104 Å². The van der Waals surface area contributed by atoms with Gasteiger partial charge >= 0.3 is 15.1 Å². The Morgan fingerprint density at radius 3 is 0.580 bits per heavy atom. The average molecular weight is 1430 g/mol. The highest BCUT2D eigenvalue weighted by atomic mass is 27.3. The smallest absolute Gasteiger partial charge is 0.550 e. The Kier molecular flexibility index (Phi) is 61.3. The molecule has 0 heterocycles. The number of rotatable bonds is 72. The van der Waals surface area contributed by atoms with Gasteiger partial charge in [0.15, 0.2) is 0 Å². The maximum Gasteiger partial charge on any atom is 1.20 e. The minimum absolute atomic E-state index is 0.164. The number of Topliss-reactive ketones (excluding diaryl/α,β-unsaturated/α-hetero) is 3. The van der Waals surface area contributed by atoms with E-state index in [-0.39, 0.29) is 19.3 Å². The number of carbonyl (C=O) groups excluding carboxylic acids is 6. The molecule has 0 spiro atoms. The van der Waals surface area contributed by atoms with Crippen molar-refractivity contribution in [3.05, 3.63) is 36.5 Å². The van der Waals surface area contributed by atoms with Crippen molar-refractivity contribution < 1.29 is 68.6 Å². The molecule has 0 amide bonds. The van der Waals surface area contributed by atoms with Crippen LogP contribution >= 0.6 is 0 Å². The van der Waals surface area contributed by atoms with Crippen LogP contribution in [-0.2, 0) is 68.6 Å². The van der Waals surface area contributed by atoms with Gasteiger partial charge in [-0.05, 0) is 179 Å². The number of carbonyl (C=O) groups is 6. The van der Waals surface area contributed by atoms with Gasteiger partial charge in [-0.2, -0.15) is 0 Å². The van der Waals surface area contributed by atoms with Crippen molar-refractivity contribution in [2.24, 2.45) is 0 Å². The molecule has 0 aliphatic rings. The Balaban J connectivity index is 6.62. The molecule has 0 bridgehead atoms. The zero-order valence-corrected chi connectivity index (χ0v) is 68.2. The molecule has 16 heteroatoms. The number of allylic oxidation sites excluding steroid dienone is 6. The third kappa shape index (κ3) is 52.8. The summed E-state index contributed by atoms with van der Waals surface area (Å²) in [6, 6.07) is 0. The normalized spacial score (nSPS) is 12.6. The minimum Gasteiger partial charge on any atom is -0.550 e. The topological polar surface area (TPSA) is 185 Å². The van der Waals surface area contributed by atoms with E-state index in [1.54, 1.807) is 83.1 Å². The monoisotopic (exact) mass is 1430 g/mol. The molecule has 582 valence electrons. The molecule has 100 heavy (non-hydrogen) atoms. The van der Waals surface area contributed by atoms with Crippen LogP contribution in [0.5, 0.6) is 0 Å². The molecule has 0 N–H and O–H groups in total. The molecule has 0 unspecified atom stereocenters. The van der Waals surface area contributed by atoms with E-state index in [0.29, 0.717) is 19.3 Å². The van der Waals surface area contributed by atoms with Crippen molar-refractivity contribution in [2.45, 2.75) is 466 Å². The van der Waals surface area contributed by atoms with Gasteiger partial charge in [0.05, 0.1) is 36.6 Å². The lowest BCUT2D eigenvalue weighted by atomic mass is 9.98. The molecule has 0 aliphatic heterocycles. The van der Waals surface area contributed by atoms with Gasteiger partial charge < -0.3 is 39.8 Å². The van der Waals surface area contributed by atoms with Crippen molar-refractivity contribution in [2.75, 3.05) is 0 Å². The molecule has 0 saturated heterocycles. The summed E-state index contributed by atoms with van der Waals surface area (Å²) >= 11 is -4.35. The fourth-order valence-electron chi connectivity index (χ4n) is 12.7. The van der Waals surface area contributed by atoms with E-state index < -0.39 is 124 Å². The fraction of sp³-hybridized carbons (Fsp3) is 0.857. The van der Waals surface area contributed by atoms with Crippen LogP contribution in [0.25, 0.3) is 0 Å². The summed E-state index contributed by atoms with van der Waals surface area (Å²) in [7, 11) is 0. The molecule has 0 aromatic carbocycles. The highest BCUT2D eigenvalue weighted by Crippen LogP contribution is 2.33. The van der Waals surface area contributed by atoms with E-state index in [0.717, 1.165) is 135 Å². The number of hydrogen-bond acceptors (Lipinski definition) is 15. The van der Waals surface area contributed by atoms with E-state index in [2.05, 4.69) is 57.2 Å². The summed E-state index contributed by atoms with van der Waals surface area (Å²) in [6.07, 6.45) is 55.5. The number of ether oxygens (including phenoxy) is 6. The van der Waals surface area contributed by atoms with E-state index in [4.69, 9.17) is 39.8 Å². The van der Waals surface area contributed by atoms with Gasteiger partial charge in [-0.25, -0.2) is 0 Å². The summed E-state index contributed by atoms with van der Waals surface area (Å²) < 4.78 is 55.2. The predicted molar refractivity (Wildman–Crippen MR) is 411 cm³/mol. The first kappa shape index (κ1) is 96.9. The maximum atomic E-state index is 14.6. The maximum absolute atomic E-state index is 14.6. The summed E-state index contributed by atoms with van der Waals surface area (Å²) in [5, 5.41) is 0. The Hall–Kier alpha value is -3.07. The summed E-state index contributed by atoms with van der Waals surface area (Å²) in [5.41, 5.74) is 0. The predicted octanol–water partition coefficient (Wildman–Crippen LogP) is 23.4. The summed E-state index contributed by atoms with van der Waals surface area (Å²) in [4.78, 5) is 86.6. The highest BCUT2D eigenvalue weighted by molar-refractivity contribution is 6.45. The Labute approximate surface area is 618 Å². The molecular formula is C84H153AlO15. The van der Waals surface area contributed by atoms with Crippen LogP contribution < -0.4 is 0 Å². The molecule has 0 aliphatic carbocycles. The summed E-state index contributed by atoms with van der Waals surface area (Å²) in [6.45, 7) is 28.2. The quantitative estimate of drug-likeness (QED) is 0.0184. The lowest BCUT2D eigenvalue weighted by Crippen LogP contribution is -2.50. The van der Waals surface area contributed by atoms with E-state index >= 15 is 0 Å². The Morgan fingerprint density at radius 1 is 0.250 bits per heavy atom. The van der Waals surface area contributed by atoms with Gasteiger partial charge in [0.1, 0.15) is 19.3 Å². The van der Waals surface area contributed by atoms with Gasteiger partial charge in [0, 0.05) is 19.3 Å². The molecule has 0 radical (unpaired) electrons. The van der Waals surface area contributed by atoms with Crippen LogP contribution in [0.1, 0.15) is 412 Å². The molecule has 0 rings (SSSR count). The highest BCUT2D eigenvalue weighted by Gasteiger charge is 2.53. The number of hydrogen-bond donors (Lipinski definition) is 0. The van der Waals surface area contributed by atoms with E-state index in [9.17, 15) is 28.8 Å². The second kappa shape index (κ2) is 63.2. The lowest BCUT2D eigenvalue weighted by molar-refractivity contribution is -0.258. The first-order valence-corrected chi connectivity index (χ1v) is 42.5. The van der Waals surface area contributed by atoms with Gasteiger partial charge in [-0.3, -0.25) is 28.8 Å². The number of ketones is 3. The van der Waals surface area contributed by atoms with Gasteiger partial charge in [-0.1, -0.05) is 231 Å². The molecular weight excluding hydrogens is 1280 g/mol. The van der Waals surface area contributed by atoms with E-state index in [1.807, 2.05) is 0 Å². The largest absolute Gasteiger partial charge is 1.20 e.